The zero-order chi connectivity index (χ0) is 18.7. The Balaban J connectivity index is 1.40. The van der Waals surface area contributed by atoms with Crippen LogP contribution in [0.25, 0.3) is 0 Å². The van der Waals surface area contributed by atoms with Gasteiger partial charge in [0.2, 0.25) is 0 Å². The van der Waals surface area contributed by atoms with Gasteiger partial charge in [0.05, 0.1) is 13.2 Å². The van der Waals surface area contributed by atoms with Crippen LogP contribution in [0.5, 0.6) is 5.75 Å². The summed E-state index contributed by atoms with van der Waals surface area (Å²) in [5.74, 6) is 2.87. The van der Waals surface area contributed by atoms with Crippen molar-refractivity contribution in [3.63, 3.8) is 0 Å². The molecule has 2 saturated carbocycles. The third-order valence-corrected chi connectivity index (χ3v) is 6.71. The van der Waals surface area contributed by atoms with Crippen LogP contribution in [0.4, 0.5) is 0 Å². The summed E-state index contributed by atoms with van der Waals surface area (Å²) in [6, 6.07) is 8.73. The molecule has 4 rings (SSSR count). The van der Waals surface area contributed by atoms with E-state index in [1.54, 1.807) is 7.11 Å². The number of guanidine groups is 1. The van der Waals surface area contributed by atoms with Crippen molar-refractivity contribution in [2.45, 2.75) is 44.6 Å². The summed E-state index contributed by atoms with van der Waals surface area (Å²) < 4.78 is 5.65. The summed E-state index contributed by atoms with van der Waals surface area (Å²) in [6.45, 7) is 4.22. The van der Waals surface area contributed by atoms with E-state index in [0.29, 0.717) is 11.5 Å². The van der Waals surface area contributed by atoms with Gasteiger partial charge in [-0.2, -0.15) is 0 Å². The summed E-state index contributed by atoms with van der Waals surface area (Å²) in [4.78, 5) is 7.05. The average molecular weight is 371 g/mol. The molecule has 1 saturated heterocycles. The maximum absolute atomic E-state index is 5.65. The molecule has 3 aliphatic rings. The van der Waals surface area contributed by atoms with Crippen LogP contribution in [0.1, 0.15) is 50.1 Å². The minimum absolute atomic E-state index is 0.306. The maximum Gasteiger partial charge on any atom is 0.191 e. The van der Waals surface area contributed by atoms with Crippen LogP contribution in [-0.4, -0.2) is 51.2 Å². The number of hydrogen-bond donors (Lipinski definition) is 2. The van der Waals surface area contributed by atoms with Gasteiger partial charge in [-0.3, -0.25) is 9.89 Å². The van der Waals surface area contributed by atoms with Crippen LogP contribution >= 0.6 is 0 Å². The van der Waals surface area contributed by atoms with E-state index in [-0.39, 0.29) is 0 Å². The van der Waals surface area contributed by atoms with Gasteiger partial charge in [-0.1, -0.05) is 18.2 Å². The molecule has 5 heteroatoms. The lowest BCUT2D eigenvalue weighted by molar-refractivity contribution is 0.239. The van der Waals surface area contributed by atoms with Crippen LogP contribution in [0.2, 0.25) is 0 Å². The van der Waals surface area contributed by atoms with Crippen molar-refractivity contribution < 1.29 is 4.74 Å². The number of nitrogens with one attached hydrogen (secondary N) is 2. The molecule has 2 N–H and O–H groups in total. The second kappa shape index (κ2) is 8.09. The van der Waals surface area contributed by atoms with Gasteiger partial charge in [-0.15, -0.1) is 0 Å². The largest absolute Gasteiger partial charge is 0.496 e. The van der Waals surface area contributed by atoms with Crippen molar-refractivity contribution in [1.29, 1.82) is 0 Å². The fourth-order valence-electron chi connectivity index (χ4n) is 4.69. The van der Waals surface area contributed by atoms with Crippen LogP contribution in [-0.2, 0) is 0 Å². The van der Waals surface area contributed by atoms with E-state index in [9.17, 15) is 0 Å². The highest BCUT2D eigenvalue weighted by Crippen LogP contribution is 2.60. The first kappa shape index (κ1) is 18.6. The molecule has 0 amide bonds. The SMILES string of the molecule is CN=C(NCC(c1ccccc1OC)N1CCCC1)NCC1(C2CC2)CC1. The maximum atomic E-state index is 5.65. The molecule has 3 fully saturated rings. The predicted molar refractivity (Wildman–Crippen MR) is 110 cm³/mol. The lowest BCUT2D eigenvalue weighted by atomic mass is 10.0. The molecule has 1 atom stereocenters. The first-order valence-electron chi connectivity index (χ1n) is 10.6. The molecule has 1 unspecified atom stereocenters. The van der Waals surface area contributed by atoms with Gasteiger partial charge < -0.3 is 15.4 Å². The van der Waals surface area contributed by atoms with E-state index in [2.05, 4.69) is 38.7 Å². The van der Waals surface area contributed by atoms with E-state index < -0.39 is 0 Å². The standard InChI is InChI=1S/C22H34N4O/c1-23-21(25-16-22(11-12-22)17-9-10-17)24-15-19(26-13-5-6-14-26)18-7-3-4-8-20(18)27-2/h3-4,7-8,17,19H,5-6,9-16H2,1-2H3,(H2,23,24,25). The monoisotopic (exact) mass is 370 g/mol. The fraction of sp³-hybridized carbons (Fsp3) is 0.682. The minimum atomic E-state index is 0.306. The first-order chi connectivity index (χ1) is 13.3. The van der Waals surface area contributed by atoms with Crippen LogP contribution in [0.15, 0.2) is 29.3 Å². The van der Waals surface area contributed by atoms with Crippen molar-refractivity contribution in [1.82, 2.24) is 15.5 Å². The third kappa shape index (κ3) is 4.23. The highest BCUT2D eigenvalue weighted by atomic mass is 16.5. The molecule has 1 aromatic rings. The number of benzene rings is 1. The molecule has 0 spiro atoms. The topological polar surface area (TPSA) is 48.9 Å². The molecular weight excluding hydrogens is 336 g/mol. The number of likely N-dealkylation sites (tertiary alicyclic amines) is 1. The smallest absolute Gasteiger partial charge is 0.191 e. The summed E-state index contributed by atoms with van der Waals surface area (Å²) >= 11 is 0. The van der Waals surface area contributed by atoms with Crippen molar-refractivity contribution in [3.8, 4) is 5.75 Å². The van der Waals surface area contributed by atoms with Crippen LogP contribution in [0.3, 0.4) is 0 Å². The van der Waals surface area contributed by atoms with E-state index in [1.165, 1.54) is 44.1 Å². The number of ether oxygens (including phenoxy) is 1. The van der Waals surface area contributed by atoms with Crippen molar-refractivity contribution >= 4 is 5.96 Å². The van der Waals surface area contributed by atoms with Gasteiger partial charge in [0, 0.05) is 25.7 Å². The zero-order valence-electron chi connectivity index (χ0n) is 16.8. The lowest BCUT2D eigenvalue weighted by Gasteiger charge is -2.30. The highest BCUT2D eigenvalue weighted by Gasteiger charge is 2.53. The van der Waals surface area contributed by atoms with Gasteiger partial charge >= 0.3 is 0 Å². The minimum Gasteiger partial charge on any atom is -0.496 e. The van der Waals surface area contributed by atoms with Gasteiger partial charge in [0.1, 0.15) is 5.75 Å². The Hall–Kier alpha value is -1.75. The second-order valence-corrected chi connectivity index (χ2v) is 8.44. The average Bonchev–Trinajstić information content (AvgIpc) is 3.63. The Bertz CT molecular complexity index is 660. The Morgan fingerprint density at radius 1 is 1.22 bits per heavy atom. The second-order valence-electron chi connectivity index (χ2n) is 8.44. The molecule has 27 heavy (non-hydrogen) atoms. The summed E-state index contributed by atoms with van der Waals surface area (Å²) in [7, 11) is 3.64. The molecule has 148 valence electrons. The van der Waals surface area contributed by atoms with E-state index >= 15 is 0 Å². The van der Waals surface area contributed by atoms with Crippen molar-refractivity contribution in [2.24, 2.45) is 16.3 Å². The Labute approximate surface area is 163 Å². The number of methoxy groups -OCH3 is 1. The van der Waals surface area contributed by atoms with Gasteiger partial charge in [0.25, 0.3) is 0 Å². The van der Waals surface area contributed by atoms with E-state index in [1.807, 2.05) is 13.1 Å². The molecule has 1 aliphatic heterocycles. The molecular formula is C22H34N4O. The molecule has 0 aromatic heterocycles. The Morgan fingerprint density at radius 2 is 1.96 bits per heavy atom. The Kier molecular flexibility index (Phi) is 5.58. The van der Waals surface area contributed by atoms with Crippen molar-refractivity contribution in [3.05, 3.63) is 29.8 Å². The normalized spacial score (nSPS) is 23.1. The van der Waals surface area contributed by atoms with Gasteiger partial charge in [-0.25, -0.2) is 0 Å². The summed E-state index contributed by atoms with van der Waals surface area (Å²) in [6.07, 6.45) is 8.20. The van der Waals surface area contributed by atoms with Crippen LogP contribution < -0.4 is 15.4 Å². The third-order valence-electron chi connectivity index (χ3n) is 6.71. The lowest BCUT2D eigenvalue weighted by Crippen LogP contribution is -2.44. The number of rotatable bonds is 8. The van der Waals surface area contributed by atoms with E-state index in [4.69, 9.17) is 4.74 Å². The highest BCUT2D eigenvalue weighted by molar-refractivity contribution is 5.79. The van der Waals surface area contributed by atoms with Crippen molar-refractivity contribution in [2.75, 3.05) is 40.3 Å². The molecule has 1 aromatic carbocycles. The zero-order valence-corrected chi connectivity index (χ0v) is 16.8. The molecule has 2 aliphatic carbocycles. The molecule has 1 heterocycles. The van der Waals surface area contributed by atoms with Gasteiger partial charge in [-0.05, 0) is 69.0 Å². The number of nitrogens with zero attached hydrogens (tertiary/aromatic N) is 2. The van der Waals surface area contributed by atoms with E-state index in [0.717, 1.165) is 43.8 Å². The molecule has 5 nitrogen and oxygen atoms in total. The summed E-state index contributed by atoms with van der Waals surface area (Å²) in [5.41, 5.74) is 1.84. The number of aliphatic imine (C=N–C) groups is 1. The predicted octanol–water partition coefficient (Wildman–Crippen LogP) is 3.19. The van der Waals surface area contributed by atoms with Crippen LogP contribution in [0, 0.1) is 11.3 Å². The quantitative estimate of drug-likeness (QED) is 0.545. The van der Waals surface area contributed by atoms with Gasteiger partial charge in [0.15, 0.2) is 5.96 Å². The number of hydrogen-bond acceptors (Lipinski definition) is 3. The number of para-hydroxylation sites is 1. The molecule has 0 bridgehead atoms. The molecule has 0 radical (unpaired) electrons. The first-order valence-corrected chi connectivity index (χ1v) is 10.6. The fourth-order valence-corrected chi connectivity index (χ4v) is 4.69. The summed E-state index contributed by atoms with van der Waals surface area (Å²) in [5, 5.41) is 7.21. The Morgan fingerprint density at radius 3 is 2.59 bits per heavy atom.